The van der Waals surface area contributed by atoms with Crippen molar-refractivity contribution in [3.05, 3.63) is 0 Å². The van der Waals surface area contributed by atoms with Crippen LogP contribution in [0.1, 0.15) is 33.1 Å². The standard InChI is InChI=1S/C10H15NO2/c1-7(2)10(12)13-9-4-3-8(5-9)6-11/h7-9H,3-5H2,1-2H3. The van der Waals surface area contributed by atoms with Crippen LogP contribution < -0.4 is 0 Å². The summed E-state index contributed by atoms with van der Waals surface area (Å²) in [6.07, 6.45) is 2.41. The molecule has 3 nitrogen and oxygen atoms in total. The van der Waals surface area contributed by atoms with Gasteiger partial charge in [0, 0.05) is 12.3 Å². The fraction of sp³-hybridized carbons (Fsp3) is 0.800. The van der Waals surface area contributed by atoms with Gasteiger partial charge in [-0.25, -0.2) is 0 Å². The molecule has 0 saturated heterocycles. The van der Waals surface area contributed by atoms with Crippen LogP contribution in [0.2, 0.25) is 0 Å². The van der Waals surface area contributed by atoms with Crippen molar-refractivity contribution in [2.75, 3.05) is 0 Å². The van der Waals surface area contributed by atoms with Gasteiger partial charge >= 0.3 is 5.97 Å². The molecule has 0 spiro atoms. The van der Waals surface area contributed by atoms with Crippen molar-refractivity contribution in [2.45, 2.75) is 39.2 Å². The van der Waals surface area contributed by atoms with Gasteiger partial charge < -0.3 is 4.74 Å². The van der Waals surface area contributed by atoms with Crippen molar-refractivity contribution in [2.24, 2.45) is 11.8 Å². The summed E-state index contributed by atoms with van der Waals surface area (Å²) in [7, 11) is 0. The van der Waals surface area contributed by atoms with E-state index in [0.717, 1.165) is 19.3 Å². The minimum Gasteiger partial charge on any atom is -0.462 e. The van der Waals surface area contributed by atoms with Crippen LogP contribution in [0.25, 0.3) is 0 Å². The summed E-state index contributed by atoms with van der Waals surface area (Å²) in [5.74, 6) is -0.130. The van der Waals surface area contributed by atoms with Gasteiger partial charge in [0.15, 0.2) is 0 Å². The van der Waals surface area contributed by atoms with Crippen molar-refractivity contribution in [1.29, 1.82) is 5.26 Å². The van der Waals surface area contributed by atoms with Crippen molar-refractivity contribution in [1.82, 2.24) is 0 Å². The van der Waals surface area contributed by atoms with Gasteiger partial charge in [0.25, 0.3) is 0 Å². The number of esters is 1. The minimum absolute atomic E-state index is 0.0143. The van der Waals surface area contributed by atoms with Gasteiger partial charge in [0.1, 0.15) is 6.10 Å². The van der Waals surface area contributed by atoms with E-state index in [1.807, 2.05) is 13.8 Å². The van der Waals surface area contributed by atoms with Gasteiger partial charge in [0.2, 0.25) is 0 Å². The molecule has 3 heteroatoms. The molecule has 1 aliphatic carbocycles. The zero-order valence-corrected chi connectivity index (χ0v) is 8.12. The highest BCUT2D eigenvalue weighted by Gasteiger charge is 2.27. The number of rotatable bonds is 2. The first-order valence-corrected chi connectivity index (χ1v) is 4.73. The van der Waals surface area contributed by atoms with E-state index in [1.165, 1.54) is 0 Å². The van der Waals surface area contributed by atoms with Crippen molar-refractivity contribution >= 4 is 5.97 Å². The maximum Gasteiger partial charge on any atom is 0.308 e. The average molecular weight is 181 g/mol. The van der Waals surface area contributed by atoms with Crippen LogP contribution in [-0.2, 0) is 9.53 Å². The summed E-state index contributed by atoms with van der Waals surface area (Å²) in [6.45, 7) is 3.64. The Morgan fingerprint density at radius 3 is 2.69 bits per heavy atom. The Bertz CT molecular complexity index is 230. The highest BCUT2D eigenvalue weighted by molar-refractivity contribution is 5.71. The Morgan fingerprint density at radius 1 is 1.54 bits per heavy atom. The van der Waals surface area contributed by atoms with Gasteiger partial charge in [-0.1, -0.05) is 13.8 Å². The number of nitriles is 1. The lowest BCUT2D eigenvalue weighted by atomic mass is 10.1. The fourth-order valence-corrected chi connectivity index (χ4v) is 1.46. The molecule has 2 unspecified atom stereocenters. The lowest BCUT2D eigenvalue weighted by Crippen LogP contribution is -2.19. The van der Waals surface area contributed by atoms with Crippen LogP contribution in [0, 0.1) is 23.2 Å². The van der Waals surface area contributed by atoms with Crippen LogP contribution in [-0.4, -0.2) is 12.1 Å². The summed E-state index contributed by atoms with van der Waals surface area (Å²) < 4.78 is 5.21. The number of hydrogen-bond acceptors (Lipinski definition) is 3. The molecule has 0 aromatic carbocycles. The quantitative estimate of drug-likeness (QED) is 0.611. The zero-order valence-electron chi connectivity index (χ0n) is 8.12. The van der Waals surface area contributed by atoms with Crippen LogP contribution in [0.15, 0.2) is 0 Å². The first-order valence-electron chi connectivity index (χ1n) is 4.73. The van der Waals surface area contributed by atoms with Gasteiger partial charge in [-0.05, 0) is 12.8 Å². The topological polar surface area (TPSA) is 50.1 Å². The number of carbonyl (C=O) groups is 1. The SMILES string of the molecule is CC(C)C(=O)OC1CCC(C#N)C1. The molecule has 0 radical (unpaired) electrons. The lowest BCUT2D eigenvalue weighted by Gasteiger charge is -2.12. The maximum absolute atomic E-state index is 11.2. The molecule has 1 fully saturated rings. The monoisotopic (exact) mass is 181 g/mol. The van der Waals surface area contributed by atoms with Gasteiger partial charge in [0.05, 0.1) is 12.0 Å². The maximum atomic E-state index is 11.2. The predicted molar refractivity (Wildman–Crippen MR) is 47.7 cm³/mol. The number of ether oxygens (including phenoxy) is 1. The average Bonchev–Trinajstić information content (AvgIpc) is 2.52. The molecule has 72 valence electrons. The number of carbonyl (C=O) groups excluding carboxylic acids is 1. The first kappa shape index (κ1) is 10.0. The molecule has 1 aliphatic rings. The van der Waals surface area contributed by atoms with Crippen molar-refractivity contribution in [3.63, 3.8) is 0 Å². The van der Waals surface area contributed by atoms with Crippen LogP contribution in [0.4, 0.5) is 0 Å². The molecule has 0 N–H and O–H groups in total. The summed E-state index contributed by atoms with van der Waals surface area (Å²) in [5.41, 5.74) is 0. The minimum atomic E-state index is -0.149. The van der Waals surface area contributed by atoms with E-state index in [0.29, 0.717) is 0 Å². The van der Waals surface area contributed by atoms with E-state index in [1.54, 1.807) is 0 Å². The molecule has 0 aromatic rings. The Kier molecular flexibility index (Phi) is 3.30. The Hall–Kier alpha value is -1.04. The molecular formula is C10H15NO2. The molecule has 0 amide bonds. The zero-order chi connectivity index (χ0) is 9.84. The highest BCUT2D eigenvalue weighted by atomic mass is 16.5. The summed E-state index contributed by atoms with van der Waals surface area (Å²) in [6, 6.07) is 2.21. The normalized spacial score (nSPS) is 27.2. The molecule has 0 aromatic heterocycles. The van der Waals surface area contributed by atoms with E-state index in [4.69, 9.17) is 10.00 Å². The molecule has 1 rings (SSSR count). The van der Waals surface area contributed by atoms with E-state index in [-0.39, 0.29) is 23.9 Å². The Morgan fingerprint density at radius 2 is 2.23 bits per heavy atom. The largest absolute Gasteiger partial charge is 0.462 e. The summed E-state index contributed by atoms with van der Waals surface area (Å²) in [5, 5.41) is 8.64. The molecule has 0 heterocycles. The fourth-order valence-electron chi connectivity index (χ4n) is 1.46. The second-order valence-electron chi connectivity index (χ2n) is 3.85. The lowest BCUT2D eigenvalue weighted by molar-refractivity contribution is -0.152. The third-order valence-corrected chi connectivity index (χ3v) is 2.32. The van der Waals surface area contributed by atoms with E-state index < -0.39 is 0 Å². The van der Waals surface area contributed by atoms with E-state index >= 15 is 0 Å². The molecule has 0 bridgehead atoms. The van der Waals surface area contributed by atoms with Crippen LogP contribution in [0.3, 0.4) is 0 Å². The van der Waals surface area contributed by atoms with Crippen molar-refractivity contribution in [3.8, 4) is 6.07 Å². The molecule has 1 saturated carbocycles. The van der Waals surface area contributed by atoms with Crippen molar-refractivity contribution < 1.29 is 9.53 Å². The van der Waals surface area contributed by atoms with E-state index in [2.05, 4.69) is 6.07 Å². The molecule has 0 aliphatic heterocycles. The molecule has 2 atom stereocenters. The van der Waals surface area contributed by atoms with Gasteiger partial charge in [-0.3, -0.25) is 4.79 Å². The highest BCUT2D eigenvalue weighted by Crippen LogP contribution is 2.27. The predicted octanol–water partition coefficient (Wildman–Crippen LogP) is 1.88. The van der Waals surface area contributed by atoms with Gasteiger partial charge in [-0.2, -0.15) is 5.26 Å². The molecular weight excluding hydrogens is 166 g/mol. The van der Waals surface area contributed by atoms with Gasteiger partial charge in [-0.15, -0.1) is 0 Å². The molecule has 13 heavy (non-hydrogen) atoms. The first-order chi connectivity index (χ1) is 6.13. The summed E-state index contributed by atoms with van der Waals surface area (Å²) >= 11 is 0. The van der Waals surface area contributed by atoms with Crippen LogP contribution >= 0.6 is 0 Å². The van der Waals surface area contributed by atoms with Crippen LogP contribution in [0.5, 0.6) is 0 Å². The Labute approximate surface area is 78.7 Å². The number of hydrogen-bond donors (Lipinski definition) is 0. The summed E-state index contributed by atoms with van der Waals surface area (Å²) in [4.78, 5) is 11.2. The third kappa shape index (κ3) is 2.73. The second-order valence-corrected chi connectivity index (χ2v) is 3.85. The smallest absolute Gasteiger partial charge is 0.308 e. The van der Waals surface area contributed by atoms with E-state index in [9.17, 15) is 4.79 Å². The Balaban J connectivity index is 2.33. The number of nitrogens with zero attached hydrogens (tertiary/aromatic N) is 1. The third-order valence-electron chi connectivity index (χ3n) is 2.32. The second kappa shape index (κ2) is 4.27.